The van der Waals surface area contributed by atoms with Crippen LogP contribution in [0.4, 0.5) is 0 Å². The third kappa shape index (κ3) is 3.67. The van der Waals surface area contributed by atoms with Crippen LogP contribution in [0.1, 0.15) is 25.0 Å². The molecule has 3 heteroatoms. The summed E-state index contributed by atoms with van der Waals surface area (Å²) in [6, 6.07) is 3.97. The maximum Gasteiger partial charge on any atom is 0.119 e. The molecule has 0 aliphatic rings. The van der Waals surface area contributed by atoms with E-state index in [0.29, 0.717) is 6.61 Å². The molecule has 0 N–H and O–H groups in total. The average Bonchev–Trinajstić information content (AvgIpc) is 2.23. The van der Waals surface area contributed by atoms with Gasteiger partial charge >= 0.3 is 0 Å². The third-order valence-electron chi connectivity index (χ3n) is 2.40. The number of alkyl halides is 1. The maximum absolute atomic E-state index is 6.10. The second-order valence-corrected chi connectivity index (χ2v) is 5.90. The van der Waals surface area contributed by atoms with Crippen molar-refractivity contribution in [2.75, 3.05) is 11.9 Å². The van der Waals surface area contributed by atoms with Gasteiger partial charge in [-0.05, 0) is 37.1 Å². The van der Waals surface area contributed by atoms with E-state index in [1.165, 1.54) is 0 Å². The van der Waals surface area contributed by atoms with Crippen LogP contribution in [0.5, 0.6) is 5.75 Å². The fourth-order valence-electron chi connectivity index (χ4n) is 1.31. The molecule has 0 spiro atoms. The highest BCUT2D eigenvalue weighted by Crippen LogP contribution is 2.27. The van der Waals surface area contributed by atoms with E-state index >= 15 is 0 Å². The second kappa shape index (κ2) is 5.42. The number of halogens is 2. The van der Waals surface area contributed by atoms with Gasteiger partial charge in [-0.15, -0.1) is 0 Å². The van der Waals surface area contributed by atoms with Crippen molar-refractivity contribution < 1.29 is 4.74 Å². The van der Waals surface area contributed by atoms with Crippen molar-refractivity contribution in [2.45, 2.75) is 27.7 Å². The molecule has 1 rings (SSSR count). The molecule has 0 fully saturated rings. The van der Waals surface area contributed by atoms with Crippen molar-refractivity contribution in [3.05, 3.63) is 28.3 Å². The third-order valence-corrected chi connectivity index (χ3v) is 4.52. The van der Waals surface area contributed by atoms with E-state index in [2.05, 4.69) is 29.8 Å². The van der Waals surface area contributed by atoms with Gasteiger partial charge in [0.2, 0.25) is 0 Å². The van der Waals surface area contributed by atoms with Crippen LogP contribution in [0.2, 0.25) is 5.02 Å². The summed E-state index contributed by atoms with van der Waals surface area (Å²) in [5.41, 5.74) is 2.27. The van der Waals surface area contributed by atoms with Gasteiger partial charge in [-0.2, -0.15) is 0 Å². The van der Waals surface area contributed by atoms with E-state index in [-0.39, 0.29) is 5.41 Å². The Hall–Kier alpha value is -0.210. The summed E-state index contributed by atoms with van der Waals surface area (Å²) in [6.45, 7) is 9.02. The lowest BCUT2D eigenvalue weighted by Crippen LogP contribution is -2.22. The number of benzene rings is 1. The van der Waals surface area contributed by atoms with Crippen molar-refractivity contribution in [2.24, 2.45) is 5.41 Å². The number of hydrogen-bond acceptors (Lipinski definition) is 1. The first-order valence-corrected chi connectivity index (χ1v) is 6.81. The molecule has 0 saturated heterocycles. The number of aryl methyl sites for hydroxylation is 2. The first-order valence-electron chi connectivity index (χ1n) is 5.31. The normalized spacial score (nSPS) is 11.6. The second-order valence-electron chi connectivity index (χ2n) is 4.96. The molecular formula is C13H18BrClO. The molecule has 0 unspecified atom stereocenters. The summed E-state index contributed by atoms with van der Waals surface area (Å²) in [5.74, 6) is 0.897. The predicted molar refractivity (Wildman–Crippen MR) is 74.0 cm³/mol. The first-order chi connectivity index (χ1) is 7.35. The van der Waals surface area contributed by atoms with Crippen LogP contribution in [0.3, 0.4) is 0 Å². The smallest absolute Gasteiger partial charge is 0.119 e. The summed E-state index contributed by atoms with van der Waals surface area (Å²) >= 11 is 9.59. The van der Waals surface area contributed by atoms with Crippen LogP contribution in [0.25, 0.3) is 0 Å². The lowest BCUT2D eigenvalue weighted by molar-refractivity contribution is 0.203. The molecule has 0 aromatic heterocycles. The molecule has 1 aromatic carbocycles. The molecule has 0 aliphatic heterocycles. The van der Waals surface area contributed by atoms with Gasteiger partial charge < -0.3 is 4.74 Å². The molecule has 0 aliphatic carbocycles. The average molecular weight is 306 g/mol. The van der Waals surface area contributed by atoms with Gasteiger partial charge in [-0.1, -0.05) is 41.4 Å². The van der Waals surface area contributed by atoms with Crippen molar-refractivity contribution in [1.29, 1.82) is 0 Å². The highest BCUT2D eigenvalue weighted by Gasteiger charge is 2.17. The monoisotopic (exact) mass is 304 g/mol. The molecule has 90 valence electrons. The molecule has 0 saturated carbocycles. The number of ether oxygens (including phenoxy) is 1. The summed E-state index contributed by atoms with van der Waals surface area (Å²) in [6.07, 6.45) is 0. The zero-order valence-corrected chi connectivity index (χ0v) is 12.6. The minimum absolute atomic E-state index is 0.140. The van der Waals surface area contributed by atoms with Crippen LogP contribution in [-0.2, 0) is 0 Å². The topological polar surface area (TPSA) is 9.23 Å². The van der Waals surface area contributed by atoms with Crippen LogP contribution in [-0.4, -0.2) is 11.9 Å². The number of rotatable bonds is 4. The summed E-state index contributed by atoms with van der Waals surface area (Å²) in [4.78, 5) is 0. The van der Waals surface area contributed by atoms with E-state index < -0.39 is 0 Å². The van der Waals surface area contributed by atoms with Crippen LogP contribution < -0.4 is 4.74 Å². The lowest BCUT2D eigenvalue weighted by Gasteiger charge is -2.22. The molecule has 16 heavy (non-hydrogen) atoms. The van der Waals surface area contributed by atoms with Gasteiger partial charge in [-0.3, -0.25) is 0 Å². The van der Waals surface area contributed by atoms with Crippen LogP contribution in [0.15, 0.2) is 12.1 Å². The zero-order valence-electron chi connectivity index (χ0n) is 10.2. The Morgan fingerprint density at radius 2 is 1.75 bits per heavy atom. The first kappa shape index (κ1) is 13.9. The maximum atomic E-state index is 6.10. The highest BCUT2D eigenvalue weighted by atomic mass is 79.9. The van der Waals surface area contributed by atoms with E-state index in [0.717, 1.165) is 27.2 Å². The zero-order chi connectivity index (χ0) is 12.3. The molecule has 0 amide bonds. The Labute approximate surface area is 111 Å². The Morgan fingerprint density at radius 3 is 2.19 bits per heavy atom. The van der Waals surface area contributed by atoms with E-state index in [1.807, 2.05) is 26.0 Å². The molecule has 0 heterocycles. The molecule has 1 nitrogen and oxygen atoms in total. The Morgan fingerprint density at radius 1 is 1.25 bits per heavy atom. The minimum Gasteiger partial charge on any atom is -0.493 e. The van der Waals surface area contributed by atoms with Crippen molar-refractivity contribution in [1.82, 2.24) is 0 Å². The number of hydrogen-bond donors (Lipinski definition) is 0. The highest BCUT2D eigenvalue weighted by molar-refractivity contribution is 9.09. The Kier molecular flexibility index (Phi) is 4.69. The quantitative estimate of drug-likeness (QED) is 0.729. The van der Waals surface area contributed by atoms with Gasteiger partial charge in [0.15, 0.2) is 0 Å². The largest absolute Gasteiger partial charge is 0.493 e. The van der Waals surface area contributed by atoms with Crippen molar-refractivity contribution >= 4 is 27.5 Å². The SMILES string of the molecule is Cc1cc(OCC(C)(C)CBr)cc(C)c1Cl. The van der Waals surface area contributed by atoms with Crippen LogP contribution in [0, 0.1) is 19.3 Å². The fourth-order valence-corrected chi connectivity index (χ4v) is 1.58. The van der Waals surface area contributed by atoms with E-state index in [9.17, 15) is 0 Å². The summed E-state index contributed by atoms with van der Waals surface area (Å²) in [7, 11) is 0. The molecule has 0 radical (unpaired) electrons. The van der Waals surface area contributed by atoms with Gasteiger partial charge in [0.1, 0.15) is 5.75 Å². The lowest BCUT2D eigenvalue weighted by atomic mass is 9.98. The van der Waals surface area contributed by atoms with E-state index in [1.54, 1.807) is 0 Å². The Bertz CT molecular complexity index is 351. The molecule has 1 aromatic rings. The van der Waals surface area contributed by atoms with Crippen LogP contribution >= 0.6 is 27.5 Å². The molecule has 0 atom stereocenters. The summed E-state index contributed by atoms with van der Waals surface area (Å²) in [5, 5.41) is 1.75. The Balaban J connectivity index is 2.76. The van der Waals surface area contributed by atoms with Crippen molar-refractivity contribution in [3.8, 4) is 5.75 Å². The van der Waals surface area contributed by atoms with Gasteiger partial charge in [0, 0.05) is 15.8 Å². The predicted octanol–water partition coefficient (Wildman–Crippen LogP) is 4.76. The summed E-state index contributed by atoms with van der Waals surface area (Å²) < 4.78 is 5.79. The van der Waals surface area contributed by atoms with Gasteiger partial charge in [-0.25, -0.2) is 0 Å². The van der Waals surface area contributed by atoms with Gasteiger partial charge in [0.25, 0.3) is 0 Å². The fraction of sp³-hybridized carbons (Fsp3) is 0.538. The molecular weight excluding hydrogens is 287 g/mol. The van der Waals surface area contributed by atoms with E-state index in [4.69, 9.17) is 16.3 Å². The molecule has 0 bridgehead atoms. The van der Waals surface area contributed by atoms with Crippen molar-refractivity contribution in [3.63, 3.8) is 0 Å². The van der Waals surface area contributed by atoms with Gasteiger partial charge in [0.05, 0.1) is 6.61 Å². The standard InChI is InChI=1S/C13H18BrClO/c1-9-5-11(6-10(2)12(9)15)16-8-13(3,4)7-14/h5-6H,7-8H2,1-4H3. The minimum atomic E-state index is 0.140.